The summed E-state index contributed by atoms with van der Waals surface area (Å²) >= 11 is 0. The summed E-state index contributed by atoms with van der Waals surface area (Å²) < 4.78 is 34.2. The topological polar surface area (TPSA) is 9.23 Å². The Hall–Kier alpha value is -1.64. The normalized spacial score (nSPS) is 32.5. The summed E-state index contributed by atoms with van der Waals surface area (Å²) in [5, 5.41) is 0. The predicted molar refractivity (Wildman–Crippen MR) is 132 cm³/mol. The van der Waals surface area contributed by atoms with E-state index in [1.54, 1.807) is 0 Å². The summed E-state index contributed by atoms with van der Waals surface area (Å²) in [7, 11) is 0. The van der Waals surface area contributed by atoms with Crippen molar-refractivity contribution >= 4 is 0 Å². The van der Waals surface area contributed by atoms with Crippen molar-refractivity contribution in [2.75, 3.05) is 6.61 Å². The van der Waals surface area contributed by atoms with Gasteiger partial charge in [-0.2, -0.15) is 0 Å². The van der Waals surface area contributed by atoms with E-state index in [1.807, 2.05) is 0 Å². The molecular formula is C30H42F2O. The van der Waals surface area contributed by atoms with Gasteiger partial charge in [-0.3, -0.25) is 0 Å². The van der Waals surface area contributed by atoms with Gasteiger partial charge in [0.05, 0.1) is 0 Å². The molecule has 1 aromatic carbocycles. The van der Waals surface area contributed by atoms with E-state index in [9.17, 15) is 8.78 Å². The van der Waals surface area contributed by atoms with E-state index in [1.165, 1.54) is 82.4 Å². The van der Waals surface area contributed by atoms with Crippen molar-refractivity contribution in [1.82, 2.24) is 0 Å². The van der Waals surface area contributed by atoms with Gasteiger partial charge in [0.15, 0.2) is 17.4 Å². The van der Waals surface area contributed by atoms with Crippen molar-refractivity contribution < 1.29 is 13.5 Å². The highest BCUT2D eigenvalue weighted by molar-refractivity contribution is 5.33. The molecule has 3 aliphatic rings. The SMILES string of the molecule is C=CCOc1c(F)cc(C2CCC3CC(C4CCC(CC/C=C/C)CC4)CCC3C2)cc1F. The molecule has 0 amide bonds. The number of hydrogen-bond donors (Lipinski definition) is 0. The first-order chi connectivity index (χ1) is 16.1. The van der Waals surface area contributed by atoms with E-state index < -0.39 is 11.6 Å². The van der Waals surface area contributed by atoms with Gasteiger partial charge in [-0.1, -0.05) is 37.6 Å². The molecular weight excluding hydrogens is 414 g/mol. The second-order valence-electron chi connectivity index (χ2n) is 10.9. The molecule has 182 valence electrons. The number of rotatable bonds is 8. The van der Waals surface area contributed by atoms with Gasteiger partial charge >= 0.3 is 0 Å². The van der Waals surface area contributed by atoms with Crippen molar-refractivity contribution in [2.24, 2.45) is 29.6 Å². The van der Waals surface area contributed by atoms with E-state index in [0.29, 0.717) is 0 Å². The molecule has 1 aromatic rings. The summed E-state index contributed by atoms with van der Waals surface area (Å²) in [5.74, 6) is 3.16. The molecule has 0 spiro atoms. The van der Waals surface area contributed by atoms with E-state index >= 15 is 0 Å². The van der Waals surface area contributed by atoms with Crippen molar-refractivity contribution in [2.45, 2.75) is 89.9 Å². The average Bonchev–Trinajstić information content (AvgIpc) is 2.83. The van der Waals surface area contributed by atoms with E-state index in [4.69, 9.17) is 4.74 Å². The van der Waals surface area contributed by atoms with Crippen LogP contribution in [0.25, 0.3) is 0 Å². The Morgan fingerprint density at radius 2 is 1.48 bits per heavy atom. The number of ether oxygens (including phenoxy) is 1. The van der Waals surface area contributed by atoms with Crippen LogP contribution < -0.4 is 4.74 Å². The monoisotopic (exact) mass is 456 g/mol. The summed E-state index contributed by atoms with van der Waals surface area (Å²) in [6.45, 7) is 5.77. The van der Waals surface area contributed by atoms with Crippen LogP contribution in [0.5, 0.6) is 5.75 Å². The Bertz CT molecular complexity index is 785. The van der Waals surface area contributed by atoms with Crippen molar-refractivity contribution in [3.63, 3.8) is 0 Å². The minimum absolute atomic E-state index is 0.111. The highest BCUT2D eigenvalue weighted by Gasteiger charge is 2.39. The fourth-order valence-electron chi connectivity index (χ4n) is 7.20. The lowest BCUT2D eigenvalue weighted by atomic mass is 9.60. The molecule has 4 atom stereocenters. The lowest BCUT2D eigenvalue weighted by Crippen LogP contribution is -2.34. The maximum absolute atomic E-state index is 14.5. The molecule has 0 N–H and O–H groups in total. The van der Waals surface area contributed by atoms with Crippen LogP contribution in [0.15, 0.2) is 36.9 Å². The third-order valence-corrected chi connectivity index (χ3v) is 9.03. The van der Waals surface area contributed by atoms with Crippen LogP contribution in [-0.2, 0) is 0 Å². The minimum atomic E-state index is -0.584. The second kappa shape index (κ2) is 11.7. The van der Waals surface area contributed by atoms with Crippen LogP contribution in [0.3, 0.4) is 0 Å². The molecule has 0 radical (unpaired) electrons. The molecule has 1 nitrogen and oxygen atoms in total. The summed E-state index contributed by atoms with van der Waals surface area (Å²) in [4.78, 5) is 0. The highest BCUT2D eigenvalue weighted by Crippen LogP contribution is 2.51. The summed E-state index contributed by atoms with van der Waals surface area (Å²) in [6.07, 6.45) is 21.7. The lowest BCUT2D eigenvalue weighted by molar-refractivity contribution is 0.0712. The van der Waals surface area contributed by atoms with Crippen molar-refractivity contribution in [1.29, 1.82) is 0 Å². The van der Waals surface area contributed by atoms with Gasteiger partial charge in [0.2, 0.25) is 0 Å². The number of fused-ring (bicyclic) bond motifs is 1. The zero-order chi connectivity index (χ0) is 23.2. The minimum Gasteiger partial charge on any atom is -0.483 e. The first kappa shape index (κ1) is 24.5. The van der Waals surface area contributed by atoms with Gasteiger partial charge in [-0.15, -0.1) is 0 Å². The molecule has 3 aliphatic carbocycles. The van der Waals surface area contributed by atoms with Gasteiger partial charge in [0, 0.05) is 0 Å². The molecule has 33 heavy (non-hydrogen) atoms. The molecule has 0 aliphatic heterocycles. The standard InChI is InChI=1S/C30H42F2O/c1-3-5-6-7-21-8-10-22(11-9-21)23-12-13-25-18-26(15-14-24(25)17-23)27-19-28(31)30(29(32)20-27)33-16-4-2/h3-5,19-26H,2,6-18H2,1H3/b5-3+. The second-order valence-corrected chi connectivity index (χ2v) is 10.9. The average molecular weight is 457 g/mol. The zero-order valence-corrected chi connectivity index (χ0v) is 20.4. The molecule has 4 unspecified atom stereocenters. The van der Waals surface area contributed by atoms with E-state index in [0.717, 1.165) is 48.0 Å². The van der Waals surface area contributed by atoms with Crippen LogP contribution >= 0.6 is 0 Å². The Kier molecular flexibility index (Phi) is 8.66. The van der Waals surface area contributed by atoms with Crippen molar-refractivity contribution in [3.05, 3.63) is 54.1 Å². The Morgan fingerprint density at radius 3 is 2.15 bits per heavy atom. The molecule has 3 heteroatoms. The molecule has 4 rings (SSSR count). The predicted octanol–water partition coefficient (Wildman–Crippen LogP) is 8.99. The zero-order valence-electron chi connectivity index (χ0n) is 20.4. The number of benzene rings is 1. The largest absolute Gasteiger partial charge is 0.483 e. The molecule has 3 saturated carbocycles. The third kappa shape index (κ3) is 6.08. The third-order valence-electron chi connectivity index (χ3n) is 9.03. The van der Waals surface area contributed by atoms with E-state index in [-0.39, 0.29) is 18.3 Å². The maximum Gasteiger partial charge on any atom is 0.191 e. The lowest BCUT2D eigenvalue weighted by Gasteiger charge is -2.45. The van der Waals surface area contributed by atoms with Crippen LogP contribution in [0.4, 0.5) is 8.78 Å². The van der Waals surface area contributed by atoms with Gasteiger partial charge in [0.1, 0.15) is 6.61 Å². The van der Waals surface area contributed by atoms with Crippen LogP contribution in [0.1, 0.15) is 95.5 Å². The first-order valence-corrected chi connectivity index (χ1v) is 13.4. The number of hydrogen-bond acceptors (Lipinski definition) is 1. The Labute approximate surface area is 199 Å². The van der Waals surface area contributed by atoms with Crippen LogP contribution in [-0.4, -0.2) is 6.61 Å². The summed E-state index contributed by atoms with van der Waals surface area (Å²) in [6, 6.07) is 3.01. The van der Waals surface area contributed by atoms with Crippen LogP contribution in [0.2, 0.25) is 0 Å². The Balaban J connectivity index is 1.28. The summed E-state index contributed by atoms with van der Waals surface area (Å²) in [5.41, 5.74) is 0.813. The highest BCUT2D eigenvalue weighted by atomic mass is 19.1. The first-order valence-electron chi connectivity index (χ1n) is 13.4. The fraction of sp³-hybridized carbons (Fsp3) is 0.667. The van der Waals surface area contributed by atoms with Crippen LogP contribution in [0, 0.1) is 41.2 Å². The molecule has 0 heterocycles. The van der Waals surface area contributed by atoms with Crippen molar-refractivity contribution in [3.8, 4) is 5.75 Å². The smallest absolute Gasteiger partial charge is 0.191 e. The molecule has 3 fully saturated rings. The molecule has 0 aromatic heterocycles. The molecule has 0 bridgehead atoms. The Morgan fingerprint density at radius 1 is 0.879 bits per heavy atom. The maximum atomic E-state index is 14.5. The van der Waals surface area contributed by atoms with Gasteiger partial charge < -0.3 is 4.74 Å². The molecule has 0 saturated heterocycles. The van der Waals surface area contributed by atoms with Gasteiger partial charge in [-0.05, 0) is 124 Å². The van der Waals surface area contributed by atoms with Gasteiger partial charge in [-0.25, -0.2) is 8.78 Å². The fourth-order valence-corrected chi connectivity index (χ4v) is 7.20. The van der Waals surface area contributed by atoms with Gasteiger partial charge in [0.25, 0.3) is 0 Å². The van der Waals surface area contributed by atoms with E-state index in [2.05, 4.69) is 25.7 Å². The number of allylic oxidation sites excluding steroid dienone is 2. The quantitative estimate of drug-likeness (QED) is 0.355. The number of halogens is 2.